The standard InChI is InChI=1S/C18H36O.C4H6O4S2/c1-2-3-4-5-6-7-8-9-10-11-12-13-14-15-16-17-18-19;5-3(6)1-9-10-2-4(7)8/h9-10,19H,2-8,11-18H2,1H3;1-2H2,(H,5,6)(H,7,8)/b10-9-;. The van der Waals surface area contributed by atoms with Crippen molar-refractivity contribution < 1.29 is 24.9 Å². The Balaban J connectivity index is 0. The number of hydrogen-bond donors (Lipinski definition) is 3. The van der Waals surface area contributed by atoms with Gasteiger partial charge in [-0.25, -0.2) is 0 Å². The molecule has 0 bridgehead atoms. The molecule has 0 saturated heterocycles. The van der Waals surface area contributed by atoms with Crippen LogP contribution in [0.1, 0.15) is 96.8 Å². The zero-order valence-electron chi connectivity index (χ0n) is 18.2. The lowest BCUT2D eigenvalue weighted by atomic mass is 10.1. The molecule has 0 unspecified atom stereocenters. The number of carboxylic acids is 2. The first-order chi connectivity index (χ1) is 14.0. The van der Waals surface area contributed by atoms with Crippen LogP contribution in [0.3, 0.4) is 0 Å². The van der Waals surface area contributed by atoms with E-state index in [-0.39, 0.29) is 11.5 Å². The fourth-order valence-electron chi connectivity index (χ4n) is 2.54. The SMILES string of the molecule is CCCCCCCC/C=C\CCCCCCCCO.O=C(O)CSSCC(=O)O. The van der Waals surface area contributed by atoms with Crippen LogP contribution in [0.25, 0.3) is 0 Å². The Bertz CT molecular complexity index is 373. The summed E-state index contributed by atoms with van der Waals surface area (Å²) in [4.78, 5) is 19.7. The molecule has 3 N–H and O–H groups in total. The second kappa shape index (κ2) is 27.3. The molecular weight excluding hydrogens is 408 g/mol. The van der Waals surface area contributed by atoms with Crippen molar-refractivity contribution in [2.75, 3.05) is 18.1 Å². The van der Waals surface area contributed by atoms with Crippen molar-refractivity contribution in [3.63, 3.8) is 0 Å². The number of unbranched alkanes of at least 4 members (excludes halogenated alkanes) is 12. The smallest absolute Gasteiger partial charge is 0.314 e. The Morgan fingerprint density at radius 3 is 1.41 bits per heavy atom. The van der Waals surface area contributed by atoms with E-state index in [1.807, 2.05) is 0 Å². The van der Waals surface area contributed by atoms with Gasteiger partial charge in [-0.05, 0) is 32.1 Å². The Morgan fingerprint density at radius 1 is 0.655 bits per heavy atom. The highest BCUT2D eigenvalue weighted by Gasteiger charge is 2.00. The molecule has 0 amide bonds. The van der Waals surface area contributed by atoms with Gasteiger partial charge in [-0.15, -0.1) is 0 Å². The van der Waals surface area contributed by atoms with Crippen LogP contribution in [0.4, 0.5) is 0 Å². The first-order valence-electron chi connectivity index (χ1n) is 11.0. The molecule has 0 aliphatic carbocycles. The molecule has 0 fully saturated rings. The van der Waals surface area contributed by atoms with Crippen LogP contribution in [0.2, 0.25) is 0 Å². The van der Waals surface area contributed by atoms with E-state index in [0.29, 0.717) is 6.61 Å². The number of allylic oxidation sites excluding steroid dienone is 2. The summed E-state index contributed by atoms with van der Waals surface area (Å²) in [5.74, 6) is -1.97. The number of rotatable bonds is 20. The van der Waals surface area contributed by atoms with Crippen molar-refractivity contribution in [2.45, 2.75) is 96.8 Å². The van der Waals surface area contributed by atoms with Crippen molar-refractivity contribution in [1.82, 2.24) is 0 Å². The molecule has 0 atom stereocenters. The molecule has 0 aromatic heterocycles. The molecule has 0 aromatic carbocycles. The topological polar surface area (TPSA) is 94.8 Å². The Kier molecular flexibility index (Phi) is 28.8. The predicted molar refractivity (Wildman–Crippen MR) is 127 cm³/mol. The summed E-state index contributed by atoms with van der Waals surface area (Å²) in [5.41, 5.74) is 0. The van der Waals surface area contributed by atoms with Crippen LogP contribution in [0.15, 0.2) is 12.2 Å². The molecule has 29 heavy (non-hydrogen) atoms. The minimum absolute atomic E-state index is 0.0576. The van der Waals surface area contributed by atoms with E-state index in [1.54, 1.807) is 0 Å². The summed E-state index contributed by atoms with van der Waals surface area (Å²) < 4.78 is 0. The molecular formula is C22H42O5S2. The van der Waals surface area contributed by atoms with Crippen molar-refractivity contribution in [2.24, 2.45) is 0 Å². The van der Waals surface area contributed by atoms with Crippen molar-refractivity contribution in [3.05, 3.63) is 12.2 Å². The summed E-state index contributed by atoms with van der Waals surface area (Å²) in [5, 5.41) is 24.9. The Hall–Kier alpha value is -0.660. The predicted octanol–water partition coefficient (Wildman–Crippen LogP) is 6.55. The maximum absolute atomic E-state index is 9.86. The quantitative estimate of drug-likeness (QED) is 0.110. The summed E-state index contributed by atoms with van der Waals surface area (Å²) in [6.45, 7) is 2.64. The third-order valence-electron chi connectivity index (χ3n) is 4.12. The average molecular weight is 451 g/mol. The molecule has 0 heterocycles. The second-order valence-corrected chi connectivity index (χ2v) is 9.44. The van der Waals surface area contributed by atoms with E-state index >= 15 is 0 Å². The summed E-state index contributed by atoms with van der Waals surface area (Å²) in [6.07, 6.45) is 23.2. The maximum Gasteiger partial charge on any atom is 0.314 e. The van der Waals surface area contributed by atoms with Crippen LogP contribution in [-0.2, 0) is 9.59 Å². The van der Waals surface area contributed by atoms with Crippen molar-refractivity contribution in [3.8, 4) is 0 Å². The van der Waals surface area contributed by atoms with E-state index in [1.165, 1.54) is 83.5 Å². The number of hydrogen-bond acceptors (Lipinski definition) is 5. The summed E-state index contributed by atoms with van der Waals surface area (Å²) in [6, 6.07) is 0. The van der Waals surface area contributed by atoms with Gasteiger partial charge in [-0.3, -0.25) is 9.59 Å². The Morgan fingerprint density at radius 2 is 1.03 bits per heavy atom. The van der Waals surface area contributed by atoms with Gasteiger partial charge in [-0.2, -0.15) is 0 Å². The number of aliphatic hydroxyl groups excluding tert-OH is 1. The second-order valence-electron chi connectivity index (χ2n) is 6.97. The first kappa shape index (κ1) is 30.5. The van der Waals surface area contributed by atoms with Crippen molar-refractivity contribution >= 4 is 33.5 Å². The lowest BCUT2D eigenvalue weighted by molar-refractivity contribution is -0.135. The number of aliphatic carboxylic acids is 2. The van der Waals surface area contributed by atoms with Gasteiger partial charge in [0.05, 0.1) is 0 Å². The molecule has 0 aliphatic heterocycles. The van der Waals surface area contributed by atoms with Gasteiger partial charge < -0.3 is 15.3 Å². The number of aliphatic hydroxyl groups is 1. The normalized spacial score (nSPS) is 10.7. The van der Waals surface area contributed by atoms with E-state index < -0.39 is 11.9 Å². The zero-order valence-corrected chi connectivity index (χ0v) is 19.8. The fraction of sp³-hybridized carbons (Fsp3) is 0.818. The Labute approximate surface area is 185 Å². The third kappa shape index (κ3) is 35.2. The van der Waals surface area contributed by atoms with Gasteiger partial charge >= 0.3 is 11.9 Å². The van der Waals surface area contributed by atoms with Crippen LogP contribution in [0, 0.1) is 0 Å². The van der Waals surface area contributed by atoms with Crippen LogP contribution < -0.4 is 0 Å². The largest absolute Gasteiger partial charge is 0.481 e. The summed E-state index contributed by atoms with van der Waals surface area (Å²) in [7, 11) is 2.05. The minimum atomic E-state index is -0.928. The molecule has 0 saturated carbocycles. The lowest BCUT2D eigenvalue weighted by Crippen LogP contribution is -1.99. The van der Waals surface area contributed by atoms with Crippen molar-refractivity contribution in [1.29, 1.82) is 0 Å². The maximum atomic E-state index is 9.86. The molecule has 5 nitrogen and oxygen atoms in total. The van der Waals surface area contributed by atoms with E-state index in [2.05, 4.69) is 19.1 Å². The monoisotopic (exact) mass is 450 g/mol. The van der Waals surface area contributed by atoms with Gasteiger partial charge in [0.2, 0.25) is 0 Å². The molecule has 0 spiro atoms. The highest BCUT2D eigenvalue weighted by molar-refractivity contribution is 8.77. The van der Waals surface area contributed by atoms with Gasteiger partial charge in [0.1, 0.15) is 11.5 Å². The first-order valence-corrected chi connectivity index (χ1v) is 13.5. The molecule has 7 heteroatoms. The van der Waals surface area contributed by atoms with Crippen LogP contribution >= 0.6 is 21.6 Å². The third-order valence-corrected chi connectivity index (χ3v) is 6.22. The molecule has 0 radical (unpaired) electrons. The number of carboxylic acid groups (broad SMARTS) is 2. The molecule has 172 valence electrons. The van der Waals surface area contributed by atoms with Gasteiger partial charge in [-0.1, -0.05) is 98.5 Å². The van der Waals surface area contributed by atoms with Crippen LogP contribution in [0.5, 0.6) is 0 Å². The molecule has 0 rings (SSSR count). The van der Waals surface area contributed by atoms with E-state index in [0.717, 1.165) is 28.0 Å². The highest BCUT2D eigenvalue weighted by atomic mass is 33.1. The lowest BCUT2D eigenvalue weighted by Gasteiger charge is -1.99. The molecule has 0 aromatic rings. The van der Waals surface area contributed by atoms with E-state index in [4.69, 9.17) is 15.3 Å². The fourth-order valence-corrected chi connectivity index (χ4v) is 4.02. The highest BCUT2D eigenvalue weighted by Crippen LogP contribution is 2.19. The van der Waals surface area contributed by atoms with Crippen LogP contribution in [-0.4, -0.2) is 45.4 Å². The molecule has 0 aliphatic rings. The average Bonchev–Trinajstić information content (AvgIpc) is 2.68. The summed E-state index contributed by atoms with van der Waals surface area (Å²) >= 11 is 0. The minimum Gasteiger partial charge on any atom is -0.481 e. The van der Waals surface area contributed by atoms with E-state index in [9.17, 15) is 9.59 Å². The number of carbonyl (C=O) groups is 2. The van der Waals surface area contributed by atoms with Gasteiger partial charge in [0.25, 0.3) is 0 Å². The van der Waals surface area contributed by atoms with Gasteiger partial charge in [0.15, 0.2) is 0 Å². The zero-order chi connectivity index (χ0) is 22.0. The van der Waals surface area contributed by atoms with Gasteiger partial charge in [0, 0.05) is 6.61 Å².